The summed E-state index contributed by atoms with van der Waals surface area (Å²) in [6, 6.07) is 0. The van der Waals surface area contributed by atoms with Gasteiger partial charge in [0.2, 0.25) is 0 Å². The van der Waals surface area contributed by atoms with Crippen LogP contribution in [0.4, 0.5) is 0 Å². The number of unbranched alkanes of at least 4 members (excludes halogenated alkanes) is 3. The lowest BCUT2D eigenvalue weighted by Gasteiger charge is -2.31. The van der Waals surface area contributed by atoms with Crippen LogP contribution < -0.4 is 0 Å². The molecule has 0 aromatic rings. The van der Waals surface area contributed by atoms with Crippen LogP contribution in [0.1, 0.15) is 72.6 Å². The minimum absolute atomic E-state index is 0.215. The molecule has 118 valence electrons. The van der Waals surface area contributed by atoms with Crippen molar-refractivity contribution in [3.05, 3.63) is 0 Å². The number of likely N-dealkylation sites (tertiary alicyclic amines) is 1. The van der Waals surface area contributed by atoms with E-state index in [1.54, 1.807) is 0 Å². The molecule has 1 aliphatic rings. The summed E-state index contributed by atoms with van der Waals surface area (Å²) in [4.78, 5) is 14.5. The fraction of sp³-hybridized carbons (Fsp3) is 0.944. The van der Waals surface area contributed by atoms with Gasteiger partial charge in [-0.05, 0) is 44.8 Å². The van der Waals surface area contributed by atoms with Gasteiger partial charge in [0.05, 0.1) is 0 Å². The van der Waals surface area contributed by atoms with Crippen LogP contribution in [0, 0.1) is 17.8 Å². The van der Waals surface area contributed by atoms with E-state index in [2.05, 4.69) is 18.7 Å². The summed E-state index contributed by atoms with van der Waals surface area (Å²) in [6.07, 6.45) is 9.04. The maximum atomic E-state index is 12.0. The van der Waals surface area contributed by atoms with Gasteiger partial charge in [0.25, 0.3) is 0 Å². The molecular weight excluding hydrogens is 246 g/mol. The molecule has 0 radical (unpaired) electrons. The highest BCUT2D eigenvalue weighted by Gasteiger charge is 2.25. The first-order chi connectivity index (χ1) is 9.50. The Morgan fingerprint density at radius 1 is 1.00 bits per heavy atom. The summed E-state index contributed by atoms with van der Waals surface area (Å²) >= 11 is 0. The monoisotopic (exact) mass is 281 g/mol. The molecule has 1 fully saturated rings. The van der Waals surface area contributed by atoms with Crippen molar-refractivity contribution >= 4 is 5.78 Å². The summed E-state index contributed by atoms with van der Waals surface area (Å²) < 4.78 is 0. The number of hydrogen-bond acceptors (Lipinski definition) is 2. The molecule has 20 heavy (non-hydrogen) atoms. The summed E-state index contributed by atoms with van der Waals surface area (Å²) in [7, 11) is 0. The van der Waals surface area contributed by atoms with Gasteiger partial charge in [0.1, 0.15) is 5.78 Å². The highest BCUT2D eigenvalue weighted by molar-refractivity contribution is 5.82. The molecule has 0 aliphatic carbocycles. The molecule has 0 unspecified atom stereocenters. The summed E-state index contributed by atoms with van der Waals surface area (Å²) in [6.45, 7) is 12.2. The predicted molar refractivity (Wildman–Crippen MR) is 86.9 cm³/mol. The molecule has 0 atom stereocenters. The summed E-state index contributed by atoms with van der Waals surface area (Å²) in [5.74, 6) is 1.90. The topological polar surface area (TPSA) is 20.3 Å². The average Bonchev–Trinajstić information content (AvgIpc) is 2.42. The van der Waals surface area contributed by atoms with Crippen molar-refractivity contribution in [1.82, 2.24) is 4.90 Å². The van der Waals surface area contributed by atoms with Crippen LogP contribution in [0.3, 0.4) is 0 Å². The highest BCUT2D eigenvalue weighted by atomic mass is 16.1. The molecule has 1 aliphatic heterocycles. The Labute approximate surface area is 126 Å². The number of piperidine rings is 1. The Hall–Kier alpha value is -0.370. The molecule has 0 aromatic carbocycles. The number of carbonyl (C=O) groups is 1. The normalized spacial score (nSPS) is 18.1. The van der Waals surface area contributed by atoms with Crippen molar-refractivity contribution in [2.45, 2.75) is 72.6 Å². The van der Waals surface area contributed by atoms with Crippen LogP contribution in [0.15, 0.2) is 0 Å². The van der Waals surface area contributed by atoms with Crippen molar-refractivity contribution in [1.29, 1.82) is 0 Å². The standard InChI is InChI=1S/C18H35NO/c1-15(2)9-7-5-6-8-12-19-13-10-17(11-14-19)18(20)16(3)4/h15-17H,5-14H2,1-4H3. The number of ketones is 1. The summed E-state index contributed by atoms with van der Waals surface area (Å²) in [5, 5.41) is 0. The number of carbonyl (C=O) groups excluding carboxylic acids is 1. The van der Waals surface area contributed by atoms with Crippen LogP contribution in [-0.4, -0.2) is 30.3 Å². The second-order valence-corrected chi connectivity index (χ2v) is 7.27. The maximum absolute atomic E-state index is 12.0. The third-order valence-electron chi connectivity index (χ3n) is 4.56. The van der Waals surface area contributed by atoms with Gasteiger partial charge in [-0.15, -0.1) is 0 Å². The SMILES string of the molecule is CC(C)CCCCCCN1CCC(C(=O)C(C)C)CC1. The van der Waals surface area contributed by atoms with Crippen molar-refractivity contribution in [3.8, 4) is 0 Å². The van der Waals surface area contributed by atoms with Crippen molar-refractivity contribution < 1.29 is 4.79 Å². The smallest absolute Gasteiger partial charge is 0.138 e. The second kappa shape index (κ2) is 9.55. The molecule has 1 heterocycles. The van der Waals surface area contributed by atoms with Gasteiger partial charge in [-0.3, -0.25) is 4.79 Å². The van der Waals surface area contributed by atoms with Crippen LogP contribution in [0.5, 0.6) is 0 Å². The fourth-order valence-electron chi connectivity index (χ4n) is 3.15. The third-order valence-corrected chi connectivity index (χ3v) is 4.56. The minimum Gasteiger partial charge on any atom is -0.303 e. The lowest BCUT2D eigenvalue weighted by molar-refractivity contribution is -0.127. The number of rotatable bonds is 9. The average molecular weight is 281 g/mol. The molecule has 0 saturated carbocycles. The molecular formula is C18H35NO. The predicted octanol–water partition coefficient (Wildman–Crippen LogP) is 4.53. The minimum atomic E-state index is 0.215. The Kier molecular flexibility index (Phi) is 8.44. The van der Waals surface area contributed by atoms with Gasteiger partial charge in [-0.25, -0.2) is 0 Å². The van der Waals surface area contributed by atoms with Gasteiger partial charge in [0.15, 0.2) is 0 Å². The van der Waals surface area contributed by atoms with Crippen molar-refractivity contribution in [3.63, 3.8) is 0 Å². The zero-order chi connectivity index (χ0) is 15.0. The Morgan fingerprint density at radius 3 is 2.15 bits per heavy atom. The lowest BCUT2D eigenvalue weighted by Crippen LogP contribution is -2.37. The number of nitrogens with zero attached hydrogens (tertiary/aromatic N) is 1. The van der Waals surface area contributed by atoms with Gasteiger partial charge >= 0.3 is 0 Å². The Morgan fingerprint density at radius 2 is 1.60 bits per heavy atom. The molecule has 2 nitrogen and oxygen atoms in total. The zero-order valence-electron chi connectivity index (χ0n) is 14.2. The molecule has 0 aromatic heterocycles. The number of hydrogen-bond donors (Lipinski definition) is 0. The Bertz CT molecular complexity index is 265. The van der Waals surface area contributed by atoms with E-state index in [-0.39, 0.29) is 5.92 Å². The van der Waals surface area contributed by atoms with Crippen molar-refractivity contribution in [2.75, 3.05) is 19.6 Å². The van der Waals surface area contributed by atoms with E-state index in [0.717, 1.165) is 31.8 Å². The van der Waals surface area contributed by atoms with E-state index >= 15 is 0 Å². The van der Waals surface area contributed by atoms with Crippen LogP contribution in [-0.2, 0) is 4.79 Å². The third kappa shape index (κ3) is 6.88. The maximum Gasteiger partial charge on any atom is 0.138 e. The van der Waals surface area contributed by atoms with E-state index in [0.29, 0.717) is 11.7 Å². The van der Waals surface area contributed by atoms with Gasteiger partial charge in [-0.1, -0.05) is 53.4 Å². The van der Waals surface area contributed by atoms with E-state index in [1.807, 2.05) is 13.8 Å². The van der Waals surface area contributed by atoms with E-state index in [9.17, 15) is 4.79 Å². The van der Waals surface area contributed by atoms with Crippen LogP contribution in [0.2, 0.25) is 0 Å². The fourth-order valence-corrected chi connectivity index (χ4v) is 3.15. The first-order valence-electron chi connectivity index (χ1n) is 8.76. The largest absolute Gasteiger partial charge is 0.303 e. The quantitative estimate of drug-likeness (QED) is 0.579. The van der Waals surface area contributed by atoms with Gasteiger partial charge < -0.3 is 4.90 Å². The van der Waals surface area contributed by atoms with E-state index < -0.39 is 0 Å². The van der Waals surface area contributed by atoms with Gasteiger partial charge in [0, 0.05) is 11.8 Å². The zero-order valence-corrected chi connectivity index (χ0v) is 14.2. The molecule has 0 bridgehead atoms. The van der Waals surface area contributed by atoms with Crippen molar-refractivity contribution in [2.24, 2.45) is 17.8 Å². The van der Waals surface area contributed by atoms with E-state index in [1.165, 1.54) is 38.6 Å². The second-order valence-electron chi connectivity index (χ2n) is 7.27. The molecule has 1 rings (SSSR count). The molecule has 0 spiro atoms. The lowest BCUT2D eigenvalue weighted by atomic mass is 9.87. The highest BCUT2D eigenvalue weighted by Crippen LogP contribution is 2.21. The summed E-state index contributed by atoms with van der Waals surface area (Å²) in [5.41, 5.74) is 0. The first-order valence-corrected chi connectivity index (χ1v) is 8.76. The molecule has 2 heteroatoms. The number of Topliss-reactive ketones (excluding diaryl/α,β-unsaturated/α-hetero) is 1. The molecule has 1 saturated heterocycles. The molecule has 0 N–H and O–H groups in total. The van der Waals surface area contributed by atoms with E-state index in [4.69, 9.17) is 0 Å². The Balaban J connectivity index is 2.04. The van der Waals surface area contributed by atoms with Crippen LogP contribution in [0.25, 0.3) is 0 Å². The van der Waals surface area contributed by atoms with Crippen LogP contribution >= 0.6 is 0 Å². The first kappa shape index (κ1) is 17.7. The van der Waals surface area contributed by atoms with Gasteiger partial charge in [-0.2, -0.15) is 0 Å². The molecule has 0 amide bonds.